The van der Waals surface area contributed by atoms with Gasteiger partial charge in [0.2, 0.25) is 0 Å². The molecule has 4 rings (SSSR count). The predicted molar refractivity (Wildman–Crippen MR) is 99.2 cm³/mol. The van der Waals surface area contributed by atoms with Crippen LogP contribution in [0.2, 0.25) is 0 Å². The van der Waals surface area contributed by atoms with Crippen LogP contribution in [0.3, 0.4) is 0 Å². The van der Waals surface area contributed by atoms with Crippen LogP contribution in [0.1, 0.15) is 0 Å². The predicted octanol–water partition coefficient (Wildman–Crippen LogP) is 1.80. The lowest BCUT2D eigenvalue weighted by Crippen LogP contribution is -2.38. The molecule has 26 heavy (non-hydrogen) atoms. The monoisotopic (exact) mass is 355 g/mol. The van der Waals surface area contributed by atoms with Crippen LogP contribution in [0.5, 0.6) is 11.5 Å². The van der Waals surface area contributed by atoms with Gasteiger partial charge in [-0.3, -0.25) is 9.69 Å². The number of benzene rings is 2. The van der Waals surface area contributed by atoms with Gasteiger partial charge in [-0.05, 0) is 35.0 Å². The highest BCUT2D eigenvalue weighted by atomic mass is 16.5. The third-order valence-electron chi connectivity index (χ3n) is 4.65. The summed E-state index contributed by atoms with van der Waals surface area (Å²) in [5, 5.41) is 2.43. The maximum atomic E-state index is 12.0. The highest BCUT2D eigenvalue weighted by Crippen LogP contribution is 2.33. The van der Waals surface area contributed by atoms with Crippen molar-refractivity contribution in [2.45, 2.75) is 0 Å². The number of methoxy groups -OCH3 is 1. The molecule has 0 amide bonds. The van der Waals surface area contributed by atoms with E-state index >= 15 is 0 Å². The molecule has 7 nitrogen and oxygen atoms in total. The lowest BCUT2D eigenvalue weighted by Gasteiger charge is -2.26. The van der Waals surface area contributed by atoms with E-state index in [0.29, 0.717) is 29.0 Å². The van der Waals surface area contributed by atoms with E-state index in [1.165, 1.54) is 6.33 Å². The second kappa shape index (κ2) is 7.31. The van der Waals surface area contributed by atoms with Gasteiger partial charge in [0, 0.05) is 19.6 Å². The quantitative estimate of drug-likeness (QED) is 0.703. The number of aromatic amines is 1. The Labute approximate surface area is 150 Å². The average Bonchev–Trinajstić information content (AvgIpc) is 2.67. The number of hydrogen-bond donors (Lipinski definition) is 1. The molecule has 0 aliphatic carbocycles. The smallest absolute Gasteiger partial charge is 0.258 e. The maximum Gasteiger partial charge on any atom is 0.258 e. The van der Waals surface area contributed by atoms with E-state index in [9.17, 15) is 4.79 Å². The van der Waals surface area contributed by atoms with Crippen LogP contribution in [0.4, 0.5) is 0 Å². The number of hydrogen-bond acceptors (Lipinski definition) is 6. The van der Waals surface area contributed by atoms with Gasteiger partial charge >= 0.3 is 0 Å². The Balaban J connectivity index is 1.61. The molecule has 1 saturated heterocycles. The number of nitrogens with zero attached hydrogens (tertiary/aromatic N) is 2. The molecule has 0 radical (unpaired) electrons. The van der Waals surface area contributed by atoms with E-state index in [0.717, 1.165) is 43.6 Å². The fraction of sp³-hybridized carbons (Fsp3) is 0.368. The van der Waals surface area contributed by atoms with Gasteiger partial charge < -0.3 is 19.2 Å². The van der Waals surface area contributed by atoms with Gasteiger partial charge in [0.25, 0.3) is 5.56 Å². The first-order valence-electron chi connectivity index (χ1n) is 8.67. The van der Waals surface area contributed by atoms with Crippen molar-refractivity contribution in [1.82, 2.24) is 14.9 Å². The van der Waals surface area contributed by atoms with Gasteiger partial charge in [-0.15, -0.1) is 0 Å². The highest BCUT2D eigenvalue weighted by molar-refractivity contribution is 5.97. The number of ether oxygens (including phenoxy) is 3. The molecular formula is C19H21N3O4. The molecule has 1 N–H and O–H groups in total. The lowest BCUT2D eigenvalue weighted by atomic mass is 10.1. The summed E-state index contributed by atoms with van der Waals surface area (Å²) in [5.74, 6) is 1.34. The van der Waals surface area contributed by atoms with Crippen LogP contribution in [0, 0.1) is 0 Å². The number of morpholine rings is 1. The summed E-state index contributed by atoms with van der Waals surface area (Å²) in [6, 6.07) is 7.56. The third-order valence-corrected chi connectivity index (χ3v) is 4.65. The Morgan fingerprint density at radius 1 is 1.15 bits per heavy atom. The first-order chi connectivity index (χ1) is 12.7. The molecule has 0 bridgehead atoms. The van der Waals surface area contributed by atoms with Crippen molar-refractivity contribution in [3.05, 3.63) is 40.9 Å². The lowest BCUT2D eigenvalue weighted by molar-refractivity contribution is 0.0321. The van der Waals surface area contributed by atoms with Crippen molar-refractivity contribution in [3.8, 4) is 11.5 Å². The normalized spacial score (nSPS) is 15.4. The molecule has 0 spiro atoms. The molecule has 1 aliphatic rings. The minimum absolute atomic E-state index is 0.151. The number of aromatic nitrogens is 2. The number of H-pyrrole nitrogens is 1. The molecular weight excluding hydrogens is 334 g/mol. The van der Waals surface area contributed by atoms with Crippen molar-refractivity contribution in [2.24, 2.45) is 0 Å². The van der Waals surface area contributed by atoms with Crippen LogP contribution in [0.25, 0.3) is 21.7 Å². The van der Waals surface area contributed by atoms with Gasteiger partial charge in [-0.2, -0.15) is 0 Å². The van der Waals surface area contributed by atoms with Gasteiger partial charge in [0.05, 0.1) is 37.6 Å². The second-order valence-electron chi connectivity index (χ2n) is 6.25. The number of fused-ring (bicyclic) bond motifs is 2. The summed E-state index contributed by atoms with van der Waals surface area (Å²) in [6.07, 6.45) is 1.42. The zero-order valence-electron chi connectivity index (χ0n) is 14.7. The van der Waals surface area contributed by atoms with Crippen LogP contribution in [-0.4, -0.2) is 61.4 Å². The molecule has 7 heteroatoms. The molecule has 0 saturated carbocycles. The van der Waals surface area contributed by atoms with Crippen molar-refractivity contribution in [2.75, 3.05) is 46.6 Å². The van der Waals surface area contributed by atoms with E-state index < -0.39 is 0 Å². The van der Waals surface area contributed by atoms with Crippen molar-refractivity contribution >= 4 is 21.7 Å². The van der Waals surface area contributed by atoms with Crippen molar-refractivity contribution in [1.29, 1.82) is 0 Å². The summed E-state index contributed by atoms with van der Waals surface area (Å²) < 4.78 is 16.8. The Bertz CT molecular complexity index is 980. The SMILES string of the molecule is COc1cc2cc3c(=O)[nH]cnc3cc2cc1OCCN1CCOCC1. The molecule has 136 valence electrons. The zero-order chi connectivity index (χ0) is 17.9. The fourth-order valence-corrected chi connectivity index (χ4v) is 3.20. The molecule has 1 aromatic heterocycles. The maximum absolute atomic E-state index is 12.0. The Morgan fingerprint density at radius 2 is 1.92 bits per heavy atom. The largest absolute Gasteiger partial charge is 0.493 e. The second-order valence-corrected chi connectivity index (χ2v) is 6.25. The van der Waals surface area contributed by atoms with Crippen molar-refractivity contribution < 1.29 is 14.2 Å². The van der Waals surface area contributed by atoms with E-state index in [1.807, 2.05) is 24.3 Å². The summed E-state index contributed by atoms with van der Waals surface area (Å²) in [7, 11) is 1.62. The molecule has 0 unspecified atom stereocenters. The molecule has 2 heterocycles. The Morgan fingerprint density at radius 3 is 2.73 bits per heavy atom. The summed E-state index contributed by atoms with van der Waals surface area (Å²) in [5.41, 5.74) is 0.507. The minimum Gasteiger partial charge on any atom is -0.493 e. The van der Waals surface area contributed by atoms with Crippen LogP contribution >= 0.6 is 0 Å². The first-order valence-corrected chi connectivity index (χ1v) is 8.67. The van der Waals surface area contributed by atoms with Crippen LogP contribution in [-0.2, 0) is 4.74 Å². The van der Waals surface area contributed by atoms with Crippen LogP contribution in [0.15, 0.2) is 35.4 Å². The number of rotatable bonds is 5. The van der Waals surface area contributed by atoms with E-state index in [2.05, 4.69) is 14.9 Å². The van der Waals surface area contributed by atoms with Gasteiger partial charge in [-0.25, -0.2) is 4.98 Å². The summed E-state index contributed by atoms with van der Waals surface area (Å²) >= 11 is 0. The fourth-order valence-electron chi connectivity index (χ4n) is 3.20. The Kier molecular flexibility index (Phi) is 4.73. The molecule has 2 aromatic carbocycles. The summed E-state index contributed by atoms with van der Waals surface area (Å²) in [6.45, 7) is 4.85. The minimum atomic E-state index is -0.151. The Hall–Kier alpha value is -2.64. The third kappa shape index (κ3) is 3.36. The average molecular weight is 355 g/mol. The number of nitrogens with one attached hydrogen (secondary N) is 1. The van der Waals surface area contributed by atoms with Gasteiger partial charge in [0.1, 0.15) is 6.61 Å². The zero-order valence-corrected chi connectivity index (χ0v) is 14.7. The highest BCUT2D eigenvalue weighted by Gasteiger charge is 2.12. The van der Waals surface area contributed by atoms with E-state index in [4.69, 9.17) is 14.2 Å². The van der Waals surface area contributed by atoms with E-state index in [1.54, 1.807) is 7.11 Å². The topological polar surface area (TPSA) is 76.7 Å². The molecule has 3 aromatic rings. The standard InChI is InChI=1S/C19H21N3O4/c1-24-17-10-13-8-15-16(20-12-21-19(15)23)9-14(13)11-18(17)26-7-4-22-2-5-25-6-3-22/h8-12H,2-7H2,1H3,(H,20,21,23). The van der Waals surface area contributed by atoms with Gasteiger partial charge in [-0.1, -0.05) is 0 Å². The van der Waals surface area contributed by atoms with Gasteiger partial charge in [0.15, 0.2) is 11.5 Å². The summed E-state index contributed by atoms with van der Waals surface area (Å²) in [4.78, 5) is 21.1. The van der Waals surface area contributed by atoms with E-state index in [-0.39, 0.29) is 5.56 Å². The molecule has 1 aliphatic heterocycles. The van der Waals surface area contributed by atoms with Crippen molar-refractivity contribution in [3.63, 3.8) is 0 Å². The first kappa shape index (κ1) is 16.8. The van der Waals surface area contributed by atoms with Crippen LogP contribution < -0.4 is 15.0 Å². The molecule has 0 atom stereocenters. The molecule has 1 fully saturated rings.